The van der Waals surface area contributed by atoms with Gasteiger partial charge in [-0.25, -0.2) is 0 Å². The van der Waals surface area contributed by atoms with Gasteiger partial charge in [-0.1, -0.05) is 12.1 Å². The molecule has 2 aromatic rings. The zero-order chi connectivity index (χ0) is 16.2. The number of ether oxygens (including phenoxy) is 1. The molecular weight excluding hydrogens is 294 g/mol. The maximum absolute atomic E-state index is 12.6. The highest BCUT2D eigenvalue weighted by Gasteiger charge is 2.19. The quantitative estimate of drug-likeness (QED) is 0.926. The summed E-state index contributed by atoms with van der Waals surface area (Å²) in [7, 11) is 0. The van der Waals surface area contributed by atoms with E-state index >= 15 is 0 Å². The summed E-state index contributed by atoms with van der Waals surface area (Å²) in [5.41, 5.74) is 7.47. The van der Waals surface area contributed by atoms with Crippen LogP contribution in [0, 0.1) is 0 Å². The zero-order valence-electron chi connectivity index (χ0n) is 12.6. The van der Waals surface area contributed by atoms with E-state index in [9.17, 15) is 9.59 Å². The van der Waals surface area contributed by atoms with Crippen molar-refractivity contribution in [1.29, 1.82) is 0 Å². The first-order valence-electron chi connectivity index (χ1n) is 7.39. The van der Waals surface area contributed by atoms with Crippen LogP contribution in [0.25, 0.3) is 11.3 Å². The Morgan fingerprint density at radius 2 is 1.91 bits per heavy atom. The fraction of sp³-hybridized carbons (Fsp3) is 0.235. The van der Waals surface area contributed by atoms with Gasteiger partial charge in [0.1, 0.15) is 0 Å². The van der Waals surface area contributed by atoms with E-state index in [1.54, 1.807) is 41.4 Å². The van der Waals surface area contributed by atoms with E-state index in [-0.39, 0.29) is 5.91 Å². The summed E-state index contributed by atoms with van der Waals surface area (Å²) in [5, 5.41) is 0. The Labute approximate surface area is 133 Å². The monoisotopic (exact) mass is 311 g/mol. The fourth-order valence-electron chi connectivity index (χ4n) is 2.58. The van der Waals surface area contributed by atoms with Crippen molar-refractivity contribution in [3.05, 3.63) is 53.7 Å². The number of carbonyl (C=O) groups is 2. The largest absolute Gasteiger partial charge is 0.378 e. The lowest BCUT2D eigenvalue weighted by atomic mass is 10.0. The molecule has 1 aliphatic heterocycles. The van der Waals surface area contributed by atoms with Crippen molar-refractivity contribution in [1.82, 2.24) is 9.88 Å². The number of hydrogen-bond acceptors (Lipinski definition) is 4. The molecule has 0 saturated carbocycles. The van der Waals surface area contributed by atoms with Crippen LogP contribution in [0.3, 0.4) is 0 Å². The van der Waals surface area contributed by atoms with Crippen LogP contribution >= 0.6 is 0 Å². The number of benzene rings is 1. The van der Waals surface area contributed by atoms with Gasteiger partial charge in [0.05, 0.1) is 24.5 Å². The third-order valence-electron chi connectivity index (χ3n) is 3.75. The highest BCUT2D eigenvalue weighted by Crippen LogP contribution is 2.22. The summed E-state index contributed by atoms with van der Waals surface area (Å²) < 4.78 is 5.27. The number of aromatic nitrogens is 1. The van der Waals surface area contributed by atoms with Crippen LogP contribution in [0.5, 0.6) is 0 Å². The summed E-state index contributed by atoms with van der Waals surface area (Å²) in [6, 6.07) is 10.4. The van der Waals surface area contributed by atoms with E-state index in [1.165, 1.54) is 0 Å². The first kappa shape index (κ1) is 15.2. The van der Waals surface area contributed by atoms with Gasteiger partial charge in [-0.2, -0.15) is 0 Å². The number of morpholine rings is 1. The van der Waals surface area contributed by atoms with E-state index in [0.717, 1.165) is 0 Å². The van der Waals surface area contributed by atoms with Crippen LogP contribution in [0.4, 0.5) is 0 Å². The molecule has 0 bridgehead atoms. The fourth-order valence-corrected chi connectivity index (χ4v) is 2.58. The standard InChI is InChI=1S/C17H17N3O3/c18-16(21)14-5-2-6-19-15(14)12-3-1-4-13(11-12)17(22)20-7-9-23-10-8-20/h1-6,11H,7-10H2,(H2,18,21). The van der Waals surface area contributed by atoms with Gasteiger partial charge in [0.15, 0.2) is 0 Å². The Morgan fingerprint density at radius 3 is 2.65 bits per heavy atom. The van der Waals surface area contributed by atoms with Crippen molar-refractivity contribution in [2.75, 3.05) is 26.3 Å². The lowest BCUT2D eigenvalue weighted by Gasteiger charge is -2.27. The number of rotatable bonds is 3. The summed E-state index contributed by atoms with van der Waals surface area (Å²) in [6.45, 7) is 2.27. The SMILES string of the molecule is NC(=O)c1cccnc1-c1cccc(C(=O)N2CCOCC2)c1. The van der Waals surface area contributed by atoms with Crippen LogP contribution in [-0.2, 0) is 4.74 Å². The Kier molecular flexibility index (Phi) is 4.34. The van der Waals surface area contributed by atoms with E-state index in [1.807, 2.05) is 6.07 Å². The summed E-state index contributed by atoms with van der Waals surface area (Å²) >= 11 is 0. The highest BCUT2D eigenvalue weighted by atomic mass is 16.5. The number of primary amides is 1. The summed E-state index contributed by atoms with van der Waals surface area (Å²) in [4.78, 5) is 30.1. The smallest absolute Gasteiger partial charge is 0.254 e. The van der Waals surface area contributed by atoms with Crippen LogP contribution in [0.2, 0.25) is 0 Å². The molecule has 0 unspecified atom stereocenters. The maximum Gasteiger partial charge on any atom is 0.254 e. The second kappa shape index (κ2) is 6.58. The van der Waals surface area contributed by atoms with E-state index in [0.29, 0.717) is 48.7 Å². The molecule has 1 aliphatic rings. The highest BCUT2D eigenvalue weighted by molar-refractivity contribution is 6.00. The normalized spacial score (nSPS) is 14.5. The Balaban J connectivity index is 1.94. The first-order chi connectivity index (χ1) is 11.2. The molecule has 1 saturated heterocycles. The Morgan fingerprint density at radius 1 is 1.13 bits per heavy atom. The third-order valence-corrected chi connectivity index (χ3v) is 3.75. The summed E-state index contributed by atoms with van der Waals surface area (Å²) in [6.07, 6.45) is 1.60. The van der Waals surface area contributed by atoms with Gasteiger partial charge in [-0.3, -0.25) is 14.6 Å². The van der Waals surface area contributed by atoms with Crippen molar-refractivity contribution in [2.45, 2.75) is 0 Å². The minimum atomic E-state index is -0.544. The molecule has 0 atom stereocenters. The van der Waals surface area contributed by atoms with Crippen LogP contribution in [0.15, 0.2) is 42.6 Å². The van der Waals surface area contributed by atoms with Gasteiger partial charge in [0, 0.05) is 30.4 Å². The van der Waals surface area contributed by atoms with E-state index in [4.69, 9.17) is 10.5 Å². The molecule has 23 heavy (non-hydrogen) atoms. The number of nitrogens with two attached hydrogens (primary N) is 1. The number of amides is 2. The summed E-state index contributed by atoms with van der Waals surface area (Å²) in [5.74, 6) is -0.593. The minimum absolute atomic E-state index is 0.0493. The molecule has 0 radical (unpaired) electrons. The molecule has 6 heteroatoms. The molecule has 2 N–H and O–H groups in total. The van der Waals surface area contributed by atoms with Gasteiger partial charge >= 0.3 is 0 Å². The second-order valence-electron chi connectivity index (χ2n) is 5.25. The number of pyridine rings is 1. The number of nitrogens with zero attached hydrogens (tertiary/aromatic N) is 2. The lowest BCUT2D eigenvalue weighted by molar-refractivity contribution is 0.0303. The topological polar surface area (TPSA) is 85.5 Å². The van der Waals surface area contributed by atoms with Crippen molar-refractivity contribution in [2.24, 2.45) is 5.73 Å². The molecule has 2 amide bonds. The van der Waals surface area contributed by atoms with E-state index in [2.05, 4.69) is 4.98 Å². The molecule has 6 nitrogen and oxygen atoms in total. The van der Waals surface area contributed by atoms with Gasteiger partial charge in [-0.05, 0) is 24.3 Å². The van der Waals surface area contributed by atoms with Crippen molar-refractivity contribution >= 4 is 11.8 Å². The number of hydrogen-bond donors (Lipinski definition) is 1. The van der Waals surface area contributed by atoms with Gasteiger partial charge < -0.3 is 15.4 Å². The molecule has 1 fully saturated rings. The van der Waals surface area contributed by atoms with E-state index < -0.39 is 5.91 Å². The molecule has 0 spiro atoms. The molecular formula is C17H17N3O3. The Hall–Kier alpha value is -2.73. The van der Waals surface area contributed by atoms with Gasteiger partial charge in [-0.15, -0.1) is 0 Å². The second-order valence-corrected chi connectivity index (χ2v) is 5.25. The van der Waals surface area contributed by atoms with Crippen molar-refractivity contribution in [3.8, 4) is 11.3 Å². The maximum atomic E-state index is 12.6. The first-order valence-corrected chi connectivity index (χ1v) is 7.39. The average molecular weight is 311 g/mol. The molecule has 2 heterocycles. The van der Waals surface area contributed by atoms with Crippen molar-refractivity contribution < 1.29 is 14.3 Å². The Bertz CT molecular complexity index is 739. The average Bonchev–Trinajstić information content (AvgIpc) is 2.62. The molecule has 3 rings (SSSR count). The molecule has 118 valence electrons. The number of carbonyl (C=O) groups excluding carboxylic acids is 2. The molecule has 0 aliphatic carbocycles. The van der Waals surface area contributed by atoms with Crippen LogP contribution in [-0.4, -0.2) is 48.0 Å². The predicted octanol–water partition coefficient (Wildman–Crippen LogP) is 1.32. The van der Waals surface area contributed by atoms with Crippen LogP contribution in [0.1, 0.15) is 20.7 Å². The lowest BCUT2D eigenvalue weighted by Crippen LogP contribution is -2.40. The van der Waals surface area contributed by atoms with Gasteiger partial charge in [0.2, 0.25) is 0 Å². The zero-order valence-corrected chi connectivity index (χ0v) is 12.6. The minimum Gasteiger partial charge on any atom is -0.378 e. The van der Waals surface area contributed by atoms with Crippen LogP contribution < -0.4 is 5.73 Å². The van der Waals surface area contributed by atoms with Gasteiger partial charge in [0.25, 0.3) is 11.8 Å². The molecule has 1 aromatic heterocycles. The third kappa shape index (κ3) is 3.22. The van der Waals surface area contributed by atoms with Crippen molar-refractivity contribution in [3.63, 3.8) is 0 Å². The molecule has 1 aromatic carbocycles. The predicted molar refractivity (Wildman–Crippen MR) is 84.9 cm³/mol.